The third-order valence-electron chi connectivity index (χ3n) is 3.69. The number of aliphatic carboxylic acids is 1. The summed E-state index contributed by atoms with van der Waals surface area (Å²) in [5, 5.41) is 8.57. The lowest BCUT2D eigenvalue weighted by atomic mass is 10.1. The van der Waals surface area contributed by atoms with Gasteiger partial charge in [-0.2, -0.15) is 0 Å². The minimum atomic E-state index is -2.57. The van der Waals surface area contributed by atoms with Crippen molar-refractivity contribution in [2.75, 3.05) is 13.7 Å². The quantitative estimate of drug-likeness (QED) is 0.782. The monoisotopic (exact) mass is 363 g/mol. The van der Waals surface area contributed by atoms with Crippen molar-refractivity contribution in [3.63, 3.8) is 0 Å². The molecule has 2 aromatic carbocycles. The van der Waals surface area contributed by atoms with Gasteiger partial charge in [0.2, 0.25) is 5.91 Å². The standard InChI is InChI=1S/C19H19F2NO4/c1-22(11-13-5-7-16(8-6-13)26-12-18(24)25)17(23)10-14-3-2-4-15(9-14)19(20)21/h2-9,19H,10-12H2,1H3,(H,24,25). The minimum absolute atomic E-state index is 0.0386. The van der Waals surface area contributed by atoms with Crippen LogP contribution in [-0.2, 0) is 22.6 Å². The highest BCUT2D eigenvalue weighted by Gasteiger charge is 2.13. The maximum absolute atomic E-state index is 12.7. The van der Waals surface area contributed by atoms with E-state index in [2.05, 4.69) is 0 Å². The van der Waals surface area contributed by atoms with E-state index in [0.717, 1.165) is 5.56 Å². The van der Waals surface area contributed by atoms with Crippen molar-refractivity contribution in [3.8, 4) is 5.75 Å². The van der Waals surface area contributed by atoms with Crippen molar-refractivity contribution in [2.24, 2.45) is 0 Å². The first-order chi connectivity index (χ1) is 12.3. The Bertz CT molecular complexity index is 762. The molecule has 0 aliphatic carbocycles. The van der Waals surface area contributed by atoms with Crippen LogP contribution < -0.4 is 4.74 Å². The predicted molar refractivity (Wildman–Crippen MR) is 91.1 cm³/mol. The number of ether oxygens (including phenoxy) is 1. The Labute approximate surface area is 149 Å². The Kier molecular flexibility index (Phi) is 6.66. The summed E-state index contributed by atoms with van der Waals surface area (Å²) >= 11 is 0. The molecular weight excluding hydrogens is 344 g/mol. The molecule has 0 fully saturated rings. The number of alkyl halides is 2. The lowest BCUT2D eigenvalue weighted by Crippen LogP contribution is -2.27. The molecule has 1 amide bonds. The average molecular weight is 363 g/mol. The molecule has 5 nitrogen and oxygen atoms in total. The van der Waals surface area contributed by atoms with Crippen molar-refractivity contribution < 1.29 is 28.2 Å². The van der Waals surface area contributed by atoms with Gasteiger partial charge in [-0.1, -0.05) is 30.3 Å². The van der Waals surface area contributed by atoms with E-state index < -0.39 is 19.0 Å². The number of carboxylic acid groups (broad SMARTS) is 1. The zero-order valence-electron chi connectivity index (χ0n) is 14.2. The zero-order valence-corrected chi connectivity index (χ0v) is 14.2. The van der Waals surface area contributed by atoms with Crippen molar-refractivity contribution in [3.05, 3.63) is 65.2 Å². The van der Waals surface area contributed by atoms with Gasteiger partial charge in [0.05, 0.1) is 6.42 Å². The molecule has 26 heavy (non-hydrogen) atoms. The maximum atomic E-state index is 12.7. The van der Waals surface area contributed by atoms with Gasteiger partial charge in [-0.25, -0.2) is 13.6 Å². The Morgan fingerprint density at radius 1 is 1.12 bits per heavy atom. The van der Waals surface area contributed by atoms with Gasteiger partial charge >= 0.3 is 5.97 Å². The van der Waals surface area contributed by atoms with Crippen LogP contribution >= 0.6 is 0 Å². The van der Waals surface area contributed by atoms with Crippen molar-refractivity contribution in [1.82, 2.24) is 4.90 Å². The topological polar surface area (TPSA) is 66.8 Å². The second-order valence-electron chi connectivity index (χ2n) is 5.80. The molecule has 138 valence electrons. The van der Waals surface area contributed by atoms with Gasteiger partial charge in [0, 0.05) is 19.2 Å². The smallest absolute Gasteiger partial charge is 0.341 e. The van der Waals surface area contributed by atoms with Crippen LogP contribution in [0.4, 0.5) is 8.78 Å². The summed E-state index contributed by atoms with van der Waals surface area (Å²) in [6.45, 7) is -0.0814. The van der Waals surface area contributed by atoms with Crippen LogP contribution in [0.2, 0.25) is 0 Å². The van der Waals surface area contributed by atoms with Crippen molar-refractivity contribution >= 4 is 11.9 Å². The third kappa shape index (κ3) is 5.84. The summed E-state index contributed by atoms with van der Waals surface area (Å²) in [5.41, 5.74) is 1.27. The highest BCUT2D eigenvalue weighted by Crippen LogP contribution is 2.20. The van der Waals surface area contributed by atoms with Crippen LogP contribution in [0.15, 0.2) is 48.5 Å². The molecule has 0 unspecified atom stereocenters. The number of carbonyl (C=O) groups is 2. The zero-order chi connectivity index (χ0) is 19.1. The van der Waals surface area contributed by atoms with Crippen LogP contribution in [0, 0.1) is 0 Å². The van der Waals surface area contributed by atoms with Crippen LogP contribution in [0.5, 0.6) is 5.75 Å². The lowest BCUT2D eigenvalue weighted by Gasteiger charge is -2.18. The first kappa shape index (κ1) is 19.4. The number of carbonyl (C=O) groups excluding carboxylic acids is 1. The molecule has 1 N–H and O–H groups in total. The normalized spacial score (nSPS) is 10.6. The molecule has 0 aliphatic heterocycles. The fourth-order valence-electron chi connectivity index (χ4n) is 2.35. The first-order valence-electron chi connectivity index (χ1n) is 7.89. The van der Waals surface area contributed by atoms with E-state index in [-0.39, 0.29) is 17.9 Å². The van der Waals surface area contributed by atoms with Gasteiger partial charge < -0.3 is 14.7 Å². The molecule has 0 bridgehead atoms. The lowest BCUT2D eigenvalue weighted by molar-refractivity contribution is -0.139. The van der Waals surface area contributed by atoms with E-state index >= 15 is 0 Å². The SMILES string of the molecule is CN(Cc1ccc(OCC(=O)O)cc1)C(=O)Cc1cccc(C(F)F)c1. The van der Waals surface area contributed by atoms with Gasteiger partial charge in [0.1, 0.15) is 5.75 Å². The first-order valence-corrected chi connectivity index (χ1v) is 7.89. The number of hydrogen-bond acceptors (Lipinski definition) is 3. The minimum Gasteiger partial charge on any atom is -0.482 e. The summed E-state index contributed by atoms with van der Waals surface area (Å²) in [6, 6.07) is 12.6. The molecule has 0 aromatic heterocycles. The van der Waals surface area contributed by atoms with Crippen LogP contribution in [0.1, 0.15) is 23.1 Å². The average Bonchev–Trinajstić information content (AvgIpc) is 2.61. The van der Waals surface area contributed by atoms with Crippen molar-refractivity contribution in [1.29, 1.82) is 0 Å². The van der Waals surface area contributed by atoms with E-state index in [1.807, 2.05) is 0 Å². The Hall–Kier alpha value is -2.96. The number of benzene rings is 2. The molecule has 0 heterocycles. The summed E-state index contributed by atoms with van der Waals surface area (Å²) in [6.07, 6.45) is -2.53. The molecular formula is C19H19F2NO4. The molecule has 0 saturated heterocycles. The summed E-state index contributed by atoms with van der Waals surface area (Å²) < 4.78 is 30.5. The second kappa shape index (κ2) is 8.94. The Balaban J connectivity index is 1.92. The molecule has 0 spiro atoms. The van der Waals surface area contributed by atoms with E-state index in [9.17, 15) is 18.4 Å². The highest BCUT2D eigenvalue weighted by molar-refractivity contribution is 5.78. The summed E-state index contributed by atoms with van der Waals surface area (Å²) in [5.74, 6) is -0.827. The van der Waals surface area contributed by atoms with E-state index in [4.69, 9.17) is 9.84 Å². The fraction of sp³-hybridized carbons (Fsp3) is 0.263. The molecule has 0 saturated carbocycles. The van der Waals surface area contributed by atoms with E-state index in [1.165, 1.54) is 23.1 Å². The largest absolute Gasteiger partial charge is 0.482 e. The number of carboxylic acids is 1. The van der Waals surface area contributed by atoms with Crippen LogP contribution in [-0.4, -0.2) is 35.5 Å². The number of hydrogen-bond donors (Lipinski definition) is 1. The third-order valence-corrected chi connectivity index (χ3v) is 3.69. The Morgan fingerprint density at radius 2 is 1.81 bits per heavy atom. The summed E-state index contributed by atoms with van der Waals surface area (Å²) in [4.78, 5) is 24.3. The fourth-order valence-corrected chi connectivity index (χ4v) is 2.35. The molecule has 0 radical (unpaired) electrons. The number of rotatable bonds is 8. The van der Waals surface area contributed by atoms with Crippen molar-refractivity contribution in [2.45, 2.75) is 19.4 Å². The van der Waals surface area contributed by atoms with Crippen LogP contribution in [0.3, 0.4) is 0 Å². The van der Waals surface area contributed by atoms with Gasteiger partial charge in [-0.05, 0) is 29.3 Å². The van der Waals surface area contributed by atoms with Gasteiger partial charge in [0.25, 0.3) is 6.43 Å². The van der Waals surface area contributed by atoms with E-state index in [0.29, 0.717) is 17.9 Å². The number of nitrogens with zero attached hydrogens (tertiary/aromatic N) is 1. The summed E-state index contributed by atoms with van der Waals surface area (Å²) in [7, 11) is 1.63. The van der Waals surface area contributed by atoms with E-state index in [1.54, 1.807) is 37.4 Å². The van der Waals surface area contributed by atoms with Crippen LogP contribution in [0.25, 0.3) is 0 Å². The molecule has 0 atom stereocenters. The molecule has 0 aliphatic rings. The van der Waals surface area contributed by atoms with Gasteiger partial charge in [-0.15, -0.1) is 0 Å². The molecule has 7 heteroatoms. The Morgan fingerprint density at radius 3 is 2.42 bits per heavy atom. The number of halogens is 2. The second-order valence-corrected chi connectivity index (χ2v) is 5.80. The maximum Gasteiger partial charge on any atom is 0.341 e. The number of likely N-dealkylation sites (N-methyl/N-ethyl adjacent to an activating group) is 1. The highest BCUT2D eigenvalue weighted by atomic mass is 19.3. The predicted octanol–water partition coefficient (Wildman–Crippen LogP) is 3.29. The molecule has 2 aromatic rings. The van der Waals surface area contributed by atoms with Gasteiger partial charge in [0.15, 0.2) is 6.61 Å². The number of amides is 1. The van der Waals surface area contributed by atoms with Gasteiger partial charge in [-0.3, -0.25) is 4.79 Å². The molecule has 2 rings (SSSR count).